The molecule has 0 aliphatic carbocycles. The van der Waals surface area contributed by atoms with Crippen LogP contribution >= 0.6 is 0 Å². The van der Waals surface area contributed by atoms with E-state index >= 15 is 0 Å². The summed E-state index contributed by atoms with van der Waals surface area (Å²) in [6.45, 7) is 4.45. The lowest BCUT2D eigenvalue weighted by atomic mass is 10.1. The number of unbranched alkanes of at least 4 members (excludes halogenated alkanes) is 5. The fraction of sp³-hybridized carbons (Fsp3) is 0.692. The van der Waals surface area contributed by atoms with Crippen LogP contribution in [0, 0.1) is 12.8 Å². The van der Waals surface area contributed by atoms with Gasteiger partial charge in [0.25, 0.3) is 0 Å². The molecule has 0 amide bonds. The van der Waals surface area contributed by atoms with Crippen LogP contribution in [0.15, 0.2) is 12.2 Å². The largest absolute Gasteiger partial charge is 0.124 e. The van der Waals surface area contributed by atoms with Crippen LogP contribution in [-0.4, -0.2) is 0 Å². The van der Waals surface area contributed by atoms with Gasteiger partial charge in [-0.25, -0.2) is 0 Å². The third kappa shape index (κ3) is 18.3. The van der Waals surface area contributed by atoms with Crippen molar-refractivity contribution in [3.63, 3.8) is 0 Å². The van der Waals surface area contributed by atoms with Gasteiger partial charge in [-0.1, -0.05) is 51.7 Å². The lowest BCUT2D eigenvalue weighted by Crippen LogP contribution is -1.75. The Balaban J connectivity index is 0. The van der Waals surface area contributed by atoms with Crippen molar-refractivity contribution in [2.24, 2.45) is 0 Å². The maximum absolute atomic E-state index is 4.00. The summed E-state index contributed by atoms with van der Waals surface area (Å²) < 4.78 is 0. The molecule has 0 heteroatoms. The third-order valence-electron chi connectivity index (χ3n) is 1.88. The second-order valence-electron chi connectivity index (χ2n) is 3.08. The Morgan fingerprint density at radius 2 is 1.46 bits per heavy atom. The predicted molar refractivity (Wildman–Crippen MR) is 62.7 cm³/mol. The van der Waals surface area contributed by atoms with Crippen LogP contribution in [0.3, 0.4) is 0 Å². The molecule has 0 rings (SSSR count). The van der Waals surface area contributed by atoms with E-state index in [2.05, 4.69) is 38.8 Å². The Labute approximate surface area is 84.4 Å². The minimum atomic E-state index is 1.19. The van der Waals surface area contributed by atoms with Gasteiger partial charge >= 0.3 is 0 Å². The number of hydrogen-bond acceptors (Lipinski definition) is 0. The van der Waals surface area contributed by atoms with Crippen molar-refractivity contribution < 1.29 is 0 Å². The van der Waals surface area contributed by atoms with Crippen LogP contribution in [0.1, 0.15) is 58.8 Å². The van der Waals surface area contributed by atoms with Gasteiger partial charge in [0.15, 0.2) is 0 Å². The highest BCUT2D eigenvalue weighted by Gasteiger charge is 1.85. The molecule has 0 aliphatic rings. The topological polar surface area (TPSA) is 0 Å². The summed E-state index contributed by atoms with van der Waals surface area (Å²) in [4.78, 5) is 0. The van der Waals surface area contributed by atoms with Gasteiger partial charge in [-0.15, -0.1) is 12.8 Å². The van der Waals surface area contributed by atoms with E-state index in [-0.39, 0.29) is 0 Å². The minimum absolute atomic E-state index is 1.19. The number of terminal acetylenes is 1. The molecule has 0 heterocycles. The van der Waals surface area contributed by atoms with E-state index in [1.807, 2.05) is 0 Å². The molecule has 0 aromatic carbocycles. The molecular formula is C13H24. The van der Waals surface area contributed by atoms with Crippen molar-refractivity contribution in [2.45, 2.75) is 58.8 Å². The third-order valence-corrected chi connectivity index (χ3v) is 1.88. The molecule has 0 saturated heterocycles. The first-order chi connectivity index (χ1) is 6.41. The minimum Gasteiger partial charge on any atom is -0.124 e. The van der Waals surface area contributed by atoms with Crippen LogP contribution in [0.5, 0.6) is 0 Å². The summed E-state index contributed by atoms with van der Waals surface area (Å²) in [5.74, 6) is 0. The molecule has 0 aliphatic heterocycles. The summed E-state index contributed by atoms with van der Waals surface area (Å²) in [7, 11) is 0. The summed E-state index contributed by atoms with van der Waals surface area (Å²) in [5, 5.41) is 0. The summed E-state index contributed by atoms with van der Waals surface area (Å²) in [6, 6.07) is 0. The zero-order valence-corrected chi connectivity index (χ0v) is 9.26. The Bertz CT molecular complexity index is 108. The van der Waals surface area contributed by atoms with Gasteiger partial charge < -0.3 is 0 Å². The molecule has 13 heavy (non-hydrogen) atoms. The Kier molecular flexibility index (Phi) is 19.8. The summed E-state index contributed by atoms with van der Waals surface area (Å²) in [6.07, 6.45) is 22.1. The molecule has 0 atom stereocenters. The molecule has 0 radical (unpaired) electrons. The predicted octanol–water partition coefficient (Wildman–Crippen LogP) is 4.56. The maximum atomic E-state index is 4.00. The van der Waals surface area contributed by atoms with Crippen molar-refractivity contribution in [3.8, 4) is 12.8 Å². The SMILES string of the molecule is C#C.CCC=CCCCCCCC. The molecule has 0 bridgehead atoms. The second-order valence-corrected chi connectivity index (χ2v) is 3.08. The fourth-order valence-electron chi connectivity index (χ4n) is 1.15. The maximum Gasteiger partial charge on any atom is -0.0351 e. The molecule has 0 N–H and O–H groups in total. The van der Waals surface area contributed by atoms with Gasteiger partial charge in [0, 0.05) is 0 Å². The van der Waals surface area contributed by atoms with E-state index in [1.165, 1.54) is 44.9 Å². The molecular weight excluding hydrogens is 156 g/mol. The van der Waals surface area contributed by atoms with Gasteiger partial charge in [-0.05, 0) is 19.3 Å². The highest BCUT2D eigenvalue weighted by molar-refractivity contribution is 4.79. The summed E-state index contributed by atoms with van der Waals surface area (Å²) in [5.41, 5.74) is 0. The van der Waals surface area contributed by atoms with E-state index in [0.29, 0.717) is 0 Å². The lowest BCUT2D eigenvalue weighted by molar-refractivity contribution is 0.637. The normalized spacial score (nSPS) is 9.54. The smallest absolute Gasteiger partial charge is 0.0351 e. The van der Waals surface area contributed by atoms with Crippen molar-refractivity contribution >= 4 is 0 Å². The van der Waals surface area contributed by atoms with E-state index < -0.39 is 0 Å². The van der Waals surface area contributed by atoms with Crippen LogP contribution < -0.4 is 0 Å². The monoisotopic (exact) mass is 180 g/mol. The molecule has 0 spiro atoms. The summed E-state index contributed by atoms with van der Waals surface area (Å²) >= 11 is 0. The standard InChI is InChI=1S/C11H22.C2H2/c1-3-5-7-9-11-10-8-6-4-2;1-2/h5,7H,3-4,6,8-11H2,1-2H3;1-2H. The van der Waals surface area contributed by atoms with Gasteiger partial charge in [0.2, 0.25) is 0 Å². The quantitative estimate of drug-likeness (QED) is 0.306. The molecule has 0 nitrogen and oxygen atoms in total. The van der Waals surface area contributed by atoms with E-state index in [1.54, 1.807) is 0 Å². The van der Waals surface area contributed by atoms with Gasteiger partial charge in [-0.3, -0.25) is 0 Å². The average Bonchev–Trinajstić information content (AvgIpc) is 2.20. The average molecular weight is 180 g/mol. The molecule has 0 fully saturated rings. The number of allylic oxidation sites excluding steroid dienone is 2. The van der Waals surface area contributed by atoms with E-state index in [0.717, 1.165) is 0 Å². The Morgan fingerprint density at radius 1 is 0.846 bits per heavy atom. The zero-order valence-electron chi connectivity index (χ0n) is 9.26. The van der Waals surface area contributed by atoms with Crippen LogP contribution in [0.25, 0.3) is 0 Å². The fourth-order valence-corrected chi connectivity index (χ4v) is 1.15. The van der Waals surface area contributed by atoms with Gasteiger partial charge in [0.05, 0.1) is 0 Å². The molecule has 0 unspecified atom stereocenters. The zero-order chi connectivity index (χ0) is 10.4. The van der Waals surface area contributed by atoms with Gasteiger partial charge in [0.1, 0.15) is 0 Å². The van der Waals surface area contributed by atoms with E-state index in [9.17, 15) is 0 Å². The number of rotatable bonds is 7. The molecule has 0 aromatic heterocycles. The van der Waals surface area contributed by atoms with Crippen LogP contribution in [0.2, 0.25) is 0 Å². The molecule has 0 aromatic rings. The Morgan fingerprint density at radius 3 is 2.00 bits per heavy atom. The van der Waals surface area contributed by atoms with Crippen LogP contribution in [0.4, 0.5) is 0 Å². The number of hydrogen-bond donors (Lipinski definition) is 0. The Hall–Kier alpha value is -0.700. The lowest BCUT2D eigenvalue weighted by Gasteiger charge is -1.95. The van der Waals surface area contributed by atoms with Crippen molar-refractivity contribution in [1.82, 2.24) is 0 Å². The van der Waals surface area contributed by atoms with E-state index in [4.69, 9.17) is 0 Å². The first-order valence-corrected chi connectivity index (χ1v) is 5.40. The second kappa shape index (κ2) is 17.4. The van der Waals surface area contributed by atoms with Crippen molar-refractivity contribution in [2.75, 3.05) is 0 Å². The highest BCUT2D eigenvalue weighted by Crippen LogP contribution is 2.05. The highest BCUT2D eigenvalue weighted by atomic mass is 13.9. The first kappa shape index (κ1) is 14.8. The molecule has 0 saturated carbocycles. The van der Waals surface area contributed by atoms with Gasteiger partial charge in [-0.2, -0.15) is 0 Å². The molecule has 76 valence electrons. The first-order valence-electron chi connectivity index (χ1n) is 5.40. The van der Waals surface area contributed by atoms with Crippen LogP contribution in [-0.2, 0) is 0 Å². The van der Waals surface area contributed by atoms with Crippen molar-refractivity contribution in [1.29, 1.82) is 0 Å². The van der Waals surface area contributed by atoms with Crippen molar-refractivity contribution in [3.05, 3.63) is 12.2 Å².